The van der Waals surface area contributed by atoms with Gasteiger partial charge in [-0.3, -0.25) is 4.98 Å². The molecule has 0 spiro atoms. The van der Waals surface area contributed by atoms with Crippen LogP contribution in [0.3, 0.4) is 0 Å². The van der Waals surface area contributed by atoms with Crippen LogP contribution in [0.2, 0.25) is 10.0 Å². The number of hydrogen-bond acceptors (Lipinski definition) is 4. The lowest BCUT2D eigenvalue weighted by Gasteiger charge is -2.32. The molecule has 132 valence electrons. The molecular formula is C18H18Cl2N2O2S. The van der Waals surface area contributed by atoms with Crippen molar-refractivity contribution in [2.45, 2.75) is 32.2 Å². The number of phenolic OH excluding ortho intramolecular Hbond substituents is 2. The van der Waals surface area contributed by atoms with Crippen LogP contribution in [0, 0.1) is 0 Å². The van der Waals surface area contributed by atoms with Crippen molar-refractivity contribution in [2.24, 2.45) is 0 Å². The highest BCUT2D eigenvalue weighted by Gasteiger charge is 2.27. The van der Waals surface area contributed by atoms with Crippen molar-refractivity contribution in [1.29, 1.82) is 0 Å². The second-order valence-electron chi connectivity index (χ2n) is 6.02. The molecule has 4 nitrogen and oxygen atoms in total. The molecule has 0 bridgehead atoms. The molecule has 2 heterocycles. The zero-order chi connectivity index (χ0) is 18.0. The average molecular weight is 397 g/mol. The van der Waals surface area contributed by atoms with Gasteiger partial charge in [0.15, 0.2) is 11.5 Å². The fourth-order valence-corrected chi connectivity index (χ4v) is 3.90. The van der Waals surface area contributed by atoms with Crippen molar-refractivity contribution in [2.75, 3.05) is 6.54 Å². The Kier molecular flexibility index (Phi) is 5.67. The van der Waals surface area contributed by atoms with Crippen molar-refractivity contribution in [3.8, 4) is 11.5 Å². The van der Waals surface area contributed by atoms with Crippen molar-refractivity contribution in [1.82, 2.24) is 9.88 Å². The lowest BCUT2D eigenvalue weighted by molar-refractivity contribution is 0.378. The number of benzene rings is 1. The molecule has 3 rings (SSSR count). The third-order valence-corrected chi connectivity index (χ3v) is 5.69. The number of aromatic nitrogens is 1. The summed E-state index contributed by atoms with van der Waals surface area (Å²) in [5.74, 6) is -0.717. The summed E-state index contributed by atoms with van der Waals surface area (Å²) < 4.78 is 0. The molecule has 0 unspecified atom stereocenters. The van der Waals surface area contributed by atoms with E-state index < -0.39 is 0 Å². The molecule has 1 aliphatic rings. The number of phenols is 2. The van der Waals surface area contributed by atoms with E-state index in [4.69, 9.17) is 35.4 Å². The molecule has 1 aromatic carbocycles. The number of aryl methyl sites for hydroxylation is 1. The monoisotopic (exact) mass is 396 g/mol. The summed E-state index contributed by atoms with van der Waals surface area (Å²) in [5.41, 5.74) is 2.58. The van der Waals surface area contributed by atoms with E-state index in [-0.39, 0.29) is 21.5 Å². The van der Waals surface area contributed by atoms with Crippen molar-refractivity contribution in [3.05, 3.63) is 51.3 Å². The smallest absolute Gasteiger partial charge is 0.178 e. The quantitative estimate of drug-likeness (QED) is 0.588. The summed E-state index contributed by atoms with van der Waals surface area (Å²) in [7, 11) is 0. The molecule has 7 heteroatoms. The summed E-state index contributed by atoms with van der Waals surface area (Å²) in [6.45, 7) is 1.21. The standard InChI is InChI=1S/C18H18Cl2N2O2S/c19-15-12-7-9-22(10-13(12)16(20)18(24)17(15)23)14(25)6-3-5-11-4-1-2-8-21-11/h1-2,4,8,23-24H,3,5-7,9-10H2. The van der Waals surface area contributed by atoms with Gasteiger partial charge < -0.3 is 15.1 Å². The molecule has 25 heavy (non-hydrogen) atoms. The molecule has 0 saturated heterocycles. The number of nitrogens with zero attached hydrogens (tertiary/aromatic N) is 2. The maximum atomic E-state index is 9.91. The van der Waals surface area contributed by atoms with E-state index in [2.05, 4.69) is 9.88 Å². The van der Waals surface area contributed by atoms with Crippen LogP contribution < -0.4 is 0 Å². The van der Waals surface area contributed by atoms with Gasteiger partial charge in [0.05, 0.1) is 15.0 Å². The van der Waals surface area contributed by atoms with E-state index in [9.17, 15) is 10.2 Å². The predicted octanol–water partition coefficient (Wildman–Crippen LogP) is 4.51. The minimum atomic E-state index is -0.367. The van der Waals surface area contributed by atoms with E-state index in [1.807, 2.05) is 18.2 Å². The molecule has 0 amide bonds. The SMILES string of the molecule is Oc1c(O)c(Cl)c2c(c1Cl)CCN(C(=S)CCCc1ccccn1)C2. The first-order chi connectivity index (χ1) is 12.0. The maximum Gasteiger partial charge on any atom is 0.178 e. The molecule has 0 saturated carbocycles. The van der Waals surface area contributed by atoms with Gasteiger partial charge in [0.1, 0.15) is 0 Å². The molecule has 0 atom stereocenters. The maximum absolute atomic E-state index is 9.91. The Morgan fingerprint density at radius 1 is 1.16 bits per heavy atom. The van der Waals surface area contributed by atoms with E-state index in [1.54, 1.807) is 6.20 Å². The van der Waals surface area contributed by atoms with Gasteiger partial charge in [0, 0.05) is 25.0 Å². The van der Waals surface area contributed by atoms with Crippen LogP contribution in [0.5, 0.6) is 11.5 Å². The highest BCUT2D eigenvalue weighted by Crippen LogP contribution is 2.46. The van der Waals surface area contributed by atoms with Crippen molar-refractivity contribution < 1.29 is 10.2 Å². The van der Waals surface area contributed by atoms with Crippen LogP contribution in [-0.2, 0) is 19.4 Å². The number of halogens is 2. The van der Waals surface area contributed by atoms with Crippen LogP contribution in [0.4, 0.5) is 0 Å². The Morgan fingerprint density at radius 3 is 2.56 bits per heavy atom. The predicted molar refractivity (Wildman–Crippen MR) is 104 cm³/mol. The zero-order valence-electron chi connectivity index (χ0n) is 13.5. The van der Waals surface area contributed by atoms with E-state index in [0.717, 1.165) is 47.6 Å². The van der Waals surface area contributed by atoms with Crippen LogP contribution in [0.15, 0.2) is 24.4 Å². The van der Waals surface area contributed by atoms with Crippen LogP contribution >= 0.6 is 35.4 Å². The summed E-state index contributed by atoms with van der Waals surface area (Å²) in [6.07, 6.45) is 5.02. The Hall–Kier alpha value is -1.56. The van der Waals surface area contributed by atoms with Gasteiger partial charge >= 0.3 is 0 Å². The third kappa shape index (κ3) is 3.84. The minimum absolute atomic E-state index is 0.151. The first kappa shape index (κ1) is 18.2. The van der Waals surface area contributed by atoms with Crippen molar-refractivity contribution >= 4 is 40.4 Å². The van der Waals surface area contributed by atoms with Crippen LogP contribution in [0.1, 0.15) is 29.7 Å². The second-order valence-corrected chi connectivity index (χ2v) is 7.25. The molecule has 2 aromatic rings. The third-order valence-electron chi connectivity index (χ3n) is 4.42. The number of pyridine rings is 1. The molecule has 0 radical (unpaired) electrons. The zero-order valence-corrected chi connectivity index (χ0v) is 15.8. The van der Waals surface area contributed by atoms with Gasteiger partial charge in [-0.1, -0.05) is 41.5 Å². The summed E-state index contributed by atoms with van der Waals surface area (Å²) in [4.78, 5) is 7.26. The fraction of sp³-hybridized carbons (Fsp3) is 0.333. The minimum Gasteiger partial charge on any atom is -0.503 e. The average Bonchev–Trinajstić information content (AvgIpc) is 2.65. The molecule has 2 N–H and O–H groups in total. The Balaban J connectivity index is 1.65. The van der Waals surface area contributed by atoms with Gasteiger partial charge in [-0.2, -0.15) is 0 Å². The molecule has 0 aliphatic carbocycles. The topological polar surface area (TPSA) is 56.6 Å². The lowest BCUT2D eigenvalue weighted by Crippen LogP contribution is -2.35. The number of thiocarbonyl (C=S) groups is 1. The molecule has 1 aromatic heterocycles. The molecule has 0 fully saturated rings. The second kappa shape index (κ2) is 7.77. The molecule has 1 aliphatic heterocycles. The van der Waals surface area contributed by atoms with Crippen molar-refractivity contribution in [3.63, 3.8) is 0 Å². The Morgan fingerprint density at radius 2 is 1.88 bits per heavy atom. The van der Waals surface area contributed by atoms with Gasteiger partial charge in [-0.05, 0) is 48.9 Å². The summed E-state index contributed by atoms with van der Waals surface area (Å²) in [6, 6.07) is 5.90. The number of fused-ring (bicyclic) bond motifs is 1. The van der Waals surface area contributed by atoms with E-state index in [1.165, 1.54) is 0 Å². The largest absolute Gasteiger partial charge is 0.503 e. The van der Waals surface area contributed by atoms with E-state index in [0.29, 0.717) is 13.0 Å². The van der Waals surface area contributed by atoms with Gasteiger partial charge in [0.25, 0.3) is 0 Å². The number of rotatable bonds is 4. The summed E-state index contributed by atoms with van der Waals surface area (Å²) in [5, 5.41) is 20.1. The van der Waals surface area contributed by atoms with Gasteiger partial charge in [-0.25, -0.2) is 0 Å². The highest BCUT2D eigenvalue weighted by atomic mass is 35.5. The fourth-order valence-electron chi connectivity index (χ4n) is 3.04. The normalized spacial score (nSPS) is 13.6. The van der Waals surface area contributed by atoms with Crippen LogP contribution in [-0.4, -0.2) is 31.6 Å². The van der Waals surface area contributed by atoms with Gasteiger partial charge in [0.2, 0.25) is 0 Å². The molecular weight excluding hydrogens is 379 g/mol. The number of aromatic hydroxyl groups is 2. The highest BCUT2D eigenvalue weighted by molar-refractivity contribution is 7.80. The summed E-state index contributed by atoms with van der Waals surface area (Å²) >= 11 is 17.9. The Bertz CT molecular complexity index is 800. The van der Waals surface area contributed by atoms with Gasteiger partial charge in [-0.15, -0.1) is 0 Å². The van der Waals surface area contributed by atoms with Crippen LogP contribution in [0.25, 0.3) is 0 Å². The number of hydrogen-bond donors (Lipinski definition) is 2. The first-order valence-electron chi connectivity index (χ1n) is 8.07. The van der Waals surface area contributed by atoms with E-state index >= 15 is 0 Å². The lowest BCUT2D eigenvalue weighted by atomic mass is 9.98. The first-order valence-corrected chi connectivity index (χ1v) is 9.23. The Labute approximate surface area is 162 Å².